The van der Waals surface area contributed by atoms with Crippen LogP contribution in [0.15, 0.2) is 46.9 Å². The lowest BCUT2D eigenvalue weighted by molar-refractivity contribution is 0.269. The number of fused-ring (bicyclic) bond motifs is 1. The second-order valence-electron chi connectivity index (χ2n) is 7.10. The zero-order chi connectivity index (χ0) is 17.6. The number of nitrogens with one attached hydrogen (secondary N) is 1. The Kier molecular flexibility index (Phi) is 4.38. The first-order valence-corrected chi connectivity index (χ1v) is 9.45. The highest BCUT2D eigenvalue weighted by atomic mass is 79.9. The maximum absolute atomic E-state index is 13.5. The van der Waals surface area contributed by atoms with E-state index < -0.39 is 0 Å². The third-order valence-corrected chi connectivity index (χ3v) is 5.72. The standard InChI is InChI=1S/C20H21BrFN3/c1-12(2)25-10-16(13-3-5-14(21)6-4-13)17(11-25)20-23-18-8-7-15(22)9-19(18)24-20/h3-9,12,16-17H,10-11H2,1-2H3,(H,23,24). The average Bonchev–Trinajstić information content (AvgIpc) is 3.19. The molecule has 0 spiro atoms. The van der Waals surface area contributed by atoms with Crippen LogP contribution in [0, 0.1) is 5.82 Å². The molecule has 1 aliphatic rings. The molecule has 0 radical (unpaired) electrons. The molecule has 2 unspecified atom stereocenters. The number of halogens is 2. The van der Waals surface area contributed by atoms with Crippen LogP contribution in [-0.2, 0) is 0 Å². The lowest BCUT2D eigenvalue weighted by atomic mass is 9.88. The summed E-state index contributed by atoms with van der Waals surface area (Å²) in [4.78, 5) is 10.6. The van der Waals surface area contributed by atoms with Crippen molar-refractivity contribution < 1.29 is 4.39 Å². The Morgan fingerprint density at radius 3 is 2.56 bits per heavy atom. The molecule has 3 aromatic rings. The summed E-state index contributed by atoms with van der Waals surface area (Å²) in [6.45, 7) is 6.43. The van der Waals surface area contributed by atoms with Gasteiger partial charge in [-0.3, -0.25) is 4.90 Å². The van der Waals surface area contributed by atoms with E-state index in [-0.39, 0.29) is 11.7 Å². The quantitative estimate of drug-likeness (QED) is 0.665. The summed E-state index contributed by atoms with van der Waals surface area (Å²) in [5, 5.41) is 0. The minimum atomic E-state index is -0.245. The fourth-order valence-electron chi connectivity index (χ4n) is 3.75. The first-order chi connectivity index (χ1) is 12.0. The van der Waals surface area contributed by atoms with Crippen LogP contribution in [0.2, 0.25) is 0 Å². The van der Waals surface area contributed by atoms with Crippen molar-refractivity contribution in [1.82, 2.24) is 14.9 Å². The Bertz CT molecular complexity index is 888. The van der Waals surface area contributed by atoms with Crippen molar-refractivity contribution >= 4 is 27.0 Å². The third-order valence-electron chi connectivity index (χ3n) is 5.19. The summed E-state index contributed by atoms with van der Waals surface area (Å²) in [6, 6.07) is 13.8. The van der Waals surface area contributed by atoms with Crippen molar-refractivity contribution in [3.05, 3.63) is 64.1 Å². The number of likely N-dealkylation sites (tertiary alicyclic amines) is 1. The van der Waals surface area contributed by atoms with Crippen molar-refractivity contribution in [2.24, 2.45) is 0 Å². The van der Waals surface area contributed by atoms with Gasteiger partial charge in [0.15, 0.2) is 0 Å². The molecule has 0 bridgehead atoms. The van der Waals surface area contributed by atoms with Crippen LogP contribution in [0.4, 0.5) is 4.39 Å². The van der Waals surface area contributed by atoms with Gasteiger partial charge in [0, 0.05) is 41.5 Å². The molecule has 2 atom stereocenters. The number of hydrogen-bond donors (Lipinski definition) is 1. The summed E-state index contributed by atoms with van der Waals surface area (Å²) in [6.07, 6.45) is 0. The molecule has 130 valence electrons. The topological polar surface area (TPSA) is 31.9 Å². The molecule has 0 saturated carbocycles. The van der Waals surface area contributed by atoms with Crippen LogP contribution in [-0.4, -0.2) is 34.0 Å². The molecule has 1 fully saturated rings. The SMILES string of the molecule is CC(C)N1CC(c2ccc(Br)cc2)C(c2nc3cc(F)ccc3[nH]2)C1. The van der Waals surface area contributed by atoms with Gasteiger partial charge in [0.2, 0.25) is 0 Å². The first kappa shape index (κ1) is 16.7. The van der Waals surface area contributed by atoms with E-state index in [1.807, 2.05) is 0 Å². The van der Waals surface area contributed by atoms with Crippen LogP contribution in [0.5, 0.6) is 0 Å². The molecule has 1 N–H and O–H groups in total. The molecule has 2 aromatic carbocycles. The van der Waals surface area contributed by atoms with Crippen LogP contribution in [0.1, 0.15) is 37.1 Å². The van der Waals surface area contributed by atoms with Crippen LogP contribution >= 0.6 is 15.9 Å². The number of aromatic amines is 1. The smallest absolute Gasteiger partial charge is 0.125 e. The highest BCUT2D eigenvalue weighted by molar-refractivity contribution is 9.10. The number of imidazole rings is 1. The molecule has 2 heterocycles. The number of aromatic nitrogens is 2. The number of rotatable bonds is 3. The summed E-state index contributed by atoms with van der Waals surface area (Å²) in [7, 11) is 0. The van der Waals surface area contributed by atoms with Gasteiger partial charge in [0.05, 0.1) is 11.0 Å². The van der Waals surface area contributed by atoms with Gasteiger partial charge in [0.25, 0.3) is 0 Å². The zero-order valence-electron chi connectivity index (χ0n) is 14.3. The minimum absolute atomic E-state index is 0.245. The van der Waals surface area contributed by atoms with Crippen LogP contribution < -0.4 is 0 Å². The second kappa shape index (κ2) is 6.54. The molecule has 0 aliphatic carbocycles. The van der Waals surface area contributed by atoms with E-state index in [0.717, 1.165) is 28.9 Å². The van der Waals surface area contributed by atoms with E-state index in [1.165, 1.54) is 17.7 Å². The Morgan fingerprint density at radius 2 is 1.84 bits per heavy atom. The fraction of sp³-hybridized carbons (Fsp3) is 0.350. The predicted molar refractivity (Wildman–Crippen MR) is 102 cm³/mol. The maximum Gasteiger partial charge on any atom is 0.125 e. The Balaban J connectivity index is 1.73. The summed E-state index contributed by atoms with van der Waals surface area (Å²) < 4.78 is 14.6. The molecule has 0 amide bonds. The molecule has 5 heteroatoms. The average molecular weight is 402 g/mol. The van der Waals surface area contributed by atoms with Crippen LogP contribution in [0.25, 0.3) is 11.0 Å². The zero-order valence-corrected chi connectivity index (χ0v) is 15.9. The van der Waals surface area contributed by atoms with Crippen molar-refractivity contribution in [3.63, 3.8) is 0 Å². The van der Waals surface area contributed by atoms with Gasteiger partial charge in [-0.25, -0.2) is 9.37 Å². The first-order valence-electron chi connectivity index (χ1n) is 8.66. The van der Waals surface area contributed by atoms with E-state index in [0.29, 0.717) is 17.5 Å². The molecule has 4 rings (SSSR count). The summed E-state index contributed by atoms with van der Waals surface area (Å²) in [5.41, 5.74) is 2.92. The Labute approximate surface area is 155 Å². The van der Waals surface area contributed by atoms with Crippen molar-refractivity contribution in [1.29, 1.82) is 0 Å². The largest absolute Gasteiger partial charge is 0.342 e. The van der Waals surface area contributed by atoms with Crippen molar-refractivity contribution in [3.8, 4) is 0 Å². The maximum atomic E-state index is 13.5. The number of hydrogen-bond acceptors (Lipinski definition) is 2. The van der Waals surface area contributed by atoms with Gasteiger partial charge in [-0.2, -0.15) is 0 Å². The Hall–Kier alpha value is -1.72. The van der Waals surface area contributed by atoms with E-state index in [9.17, 15) is 4.39 Å². The molecular weight excluding hydrogens is 381 g/mol. The van der Waals surface area contributed by atoms with Gasteiger partial charge in [-0.1, -0.05) is 28.1 Å². The van der Waals surface area contributed by atoms with Crippen molar-refractivity contribution in [2.45, 2.75) is 31.7 Å². The van der Waals surface area contributed by atoms with E-state index in [2.05, 4.69) is 63.9 Å². The molecule has 1 saturated heterocycles. The molecule has 25 heavy (non-hydrogen) atoms. The molecule has 1 aromatic heterocycles. The minimum Gasteiger partial charge on any atom is -0.342 e. The normalized spacial score (nSPS) is 21.5. The lowest BCUT2D eigenvalue weighted by Gasteiger charge is -2.20. The highest BCUT2D eigenvalue weighted by Crippen LogP contribution is 2.40. The van der Waals surface area contributed by atoms with E-state index in [1.54, 1.807) is 6.07 Å². The molecule has 3 nitrogen and oxygen atoms in total. The van der Waals surface area contributed by atoms with Crippen molar-refractivity contribution in [2.75, 3.05) is 13.1 Å². The van der Waals surface area contributed by atoms with Gasteiger partial charge in [-0.15, -0.1) is 0 Å². The highest BCUT2D eigenvalue weighted by Gasteiger charge is 2.37. The summed E-state index contributed by atoms with van der Waals surface area (Å²) >= 11 is 3.51. The molecular formula is C20H21BrFN3. The van der Waals surface area contributed by atoms with E-state index in [4.69, 9.17) is 4.98 Å². The van der Waals surface area contributed by atoms with Gasteiger partial charge >= 0.3 is 0 Å². The van der Waals surface area contributed by atoms with E-state index >= 15 is 0 Å². The number of benzene rings is 2. The third kappa shape index (κ3) is 3.23. The Morgan fingerprint density at radius 1 is 1.12 bits per heavy atom. The lowest BCUT2D eigenvalue weighted by Crippen LogP contribution is -2.28. The molecule has 1 aliphatic heterocycles. The summed E-state index contributed by atoms with van der Waals surface area (Å²) in [5.74, 6) is 1.36. The number of nitrogens with zero attached hydrogens (tertiary/aromatic N) is 2. The van der Waals surface area contributed by atoms with Gasteiger partial charge in [0.1, 0.15) is 11.6 Å². The predicted octanol–water partition coefficient (Wildman–Crippen LogP) is 5.06. The fourth-order valence-corrected chi connectivity index (χ4v) is 4.02. The van der Waals surface area contributed by atoms with Gasteiger partial charge in [-0.05, 0) is 43.7 Å². The van der Waals surface area contributed by atoms with Crippen LogP contribution in [0.3, 0.4) is 0 Å². The monoisotopic (exact) mass is 401 g/mol. The second-order valence-corrected chi connectivity index (χ2v) is 8.01. The van der Waals surface area contributed by atoms with Gasteiger partial charge < -0.3 is 4.98 Å². The number of H-pyrrole nitrogens is 1.